The molecule has 0 aliphatic rings. The Morgan fingerprint density at radius 2 is 1.75 bits per heavy atom. The van der Waals surface area contributed by atoms with Crippen LogP contribution in [0.25, 0.3) is 0 Å². The molecule has 0 saturated heterocycles. The summed E-state index contributed by atoms with van der Waals surface area (Å²) in [5.74, 6) is -0.354. The molecule has 0 aliphatic heterocycles. The average Bonchev–Trinajstić information content (AvgIpc) is 2.49. The maximum Gasteiger partial charge on any atom is 0.417 e. The van der Waals surface area contributed by atoms with E-state index in [2.05, 4.69) is 0 Å². The Kier molecular flexibility index (Phi) is 7.28. The summed E-state index contributed by atoms with van der Waals surface area (Å²) < 4.78 is 64.6. The number of unbranched alkanes of at least 4 members (excludes halogenated alkanes) is 3. The van der Waals surface area contributed by atoms with Crippen molar-refractivity contribution in [3.8, 4) is 0 Å². The summed E-state index contributed by atoms with van der Waals surface area (Å²) in [6.07, 6.45) is -2.05. The minimum absolute atomic E-state index is 0.190. The highest BCUT2D eigenvalue weighted by Crippen LogP contribution is 2.37. The summed E-state index contributed by atoms with van der Waals surface area (Å²) in [6.45, 7) is 3.56. The van der Waals surface area contributed by atoms with E-state index < -0.39 is 31.7 Å². The van der Waals surface area contributed by atoms with E-state index in [1.165, 1.54) is 0 Å². The summed E-state index contributed by atoms with van der Waals surface area (Å²) in [5.41, 5.74) is -1.45. The molecule has 0 spiro atoms. The molecule has 3 nitrogen and oxygen atoms in total. The summed E-state index contributed by atoms with van der Waals surface area (Å²) in [7, 11) is -4.10. The molecule has 1 aromatic carbocycles. The topological polar surface area (TPSA) is 51.2 Å². The van der Waals surface area contributed by atoms with Crippen LogP contribution in [0.2, 0.25) is 0 Å². The van der Waals surface area contributed by atoms with Crippen LogP contribution in [0.3, 0.4) is 0 Å². The number of alkyl halides is 3. The highest BCUT2D eigenvalue weighted by molar-refractivity contribution is 7.91. The largest absolute Gasteiger partial charge is 0.417 e. The fraction of sp³-hybridized carbons (Fsp3) is 0.562. The Morgan fingerprint density at radius 3 is 2.21 bits per heavy atom. The molecule has 0 radical (unpaired) electrons. The van der Waals surface area contributed by atoms with Gasteiger partial charge in [-0.2, -0.15) is 13.2 Å². The number of benzene rings is 1. The minimum Gasteiger partial charge on any atom is -0.276 e. The Morgan fingerprint density at radius 1 is 1.12 bits per heavy atom. The van der Waals surface area contributed by atoms with Crippen LogP contribution in [0.4, 0.5) is 13.2 Å². The Hall–Kier alpha value is -1.08. The van der Waals surface area contributed by atoms with Crippen molar-refractivity contribution in [1.82, 2.24) is 0 Å². The zero-order chi connectivity index (χ0) is 18.5. The van der Waals surface area contributed by atoms with E-state index in [1.54, 1.807) is 6.92 Å². The third kappa shape index (κ3) is 5.21. The van der Waals surface area contributed by atoms with Gasteiger partial charge in [0.05, 0.1) is 16.2 Å². The summed E-state index contributed by atoms with van der Waals surface area (Å²) in [4.78, 5) is 10.6. The van der Waals surface area contributed by atoms with Gasteiger partial charge < -0.3 is 0 Å². The lowest BCUT2D eigenvalue weighted by atomic mass is 10.0. The molecular weight excluding hydrogens is 365 g/mol. The minimum atomic E-state index is -4.89. The molecule has 0 aliphatic carbocycles. The summed E-state index contributed by atoms with van der Waals surface area (Å²) in [6, 6.07) is 1.49. The third-order valence-corrected chi connectivity index (χ3v) is 5.74. The molecule has 8 heteroatoms. The number of halogens is 4. The highest BCUT2D eigenvalue weighted by atomic mass is 35.5. The zero-order valence-electron chi connectivity index (χ0n) is 13.5. The molecule has 1 rings (SSSR count). The van der Waals surface area contributed by atoms with Crippen molar-refractivity contribution in [2.24, 2.45) is 0 Å². The highest BCUT2D eigenvalue weighted by Gasteiger charge is 2.38. The first kappa shape index (κ1) is 21.0. The molecule has 0 amide bonds. The molecule has 0 aromatic heterocycles. The molecule has 0 bridgehead atoms. The second-order valence-electron chi connectivity index (χ2n) is 5.51. The zero-order valence-corrected chi connectivity index (χ0v) is 15.1. The summed E-state index contributed by atoms with van der Waals surface area (Å²) in [5, 5.41) is -1.04. The lowest BCUT2D eigenvalue weighted by Crippen LogP contribution is -2.18. The van der Waals surface area contributed by atoms with Gasteiger partial charge in [0.1, 0.15) is 0 Å². The Labute approximate surface area is 145 Å². The van der Waals surface area contributed by atoms with Crippen molar-refractivity contribution >= 4 is 26.7 Å². The second kappa shape index (κ2) is 8.34. The number of sulfone groups is 1. The van der Waals surface area contributed by atoms with E-state index in [-0.39, 0.29) is 23.3 Å². The van der Waals surface area contributed by atoms with Gasteiger partial charge in [0.25, 0.3) is 5.24 Å². The van der Waals surface area contributed by atoms with Gasteiger partial charge in [-0.05, 0) is 42.1 Å². The van der Waals surface area contributed by atoms with Crippen LogP contribution < -0.4 is 0 Å². The van der Waals surface area contributed by atoms with Crippen molar-refractivity contribution in [2.75, 3.05) is 5.75 Å². The first-order chi connectivity index (χ1) is 11.0. The molecule has 0 fully saturated rings. The maximum atomic E-state index is 13.3. The van der Waals surface area contributed by atoms with Crippen molar-refractivity contribution in [3.63, 3.8) is 0 Å². The first-order valence-electron chi connectivity index (χ1n) is 7.71. The molecule has 0 atom stereocenters. The van der Waals surface area contributed by atoms with Gasteiger partial charge in [0.15, 0.2) is 9.84 Å². The monoisotopic (exact) mass is 384 g/mol. The number of rotatable bonds is 8. The van der Waals surface area contributed by atoms with Crippen LogP contribution in [0, 0.1) is 0 Å². The molecule has 0 N–H and O–H groups in total. The van der Waals surface area contributed by atoms with Crippen LogP contribution in [-0.2, 0) is 22.4 Å². The number of carbonyl (C=O) groups excluding carboxylic acids is 1. The normalized spacial score (nSPS) is 12.4. The van der Waals surface area contributed by atoms with E-state index in [0.29, 0.717) is 18.9 Å². The van der Waals surface area contributed by atoms with E-state index >= 15 is 0 Å². The Balaban J connectivity index is 3.42. The van der Waals surface area contributed by atoms with Crippen LogP contribution >= 0.6 is 11.6 Å². The first-order valence-corrected chi connectivity index (χ1v) is 9.74. The molecular formula is C16H20ClF3O3S. The lowest BCUT2D eigenvalue weighted by molar-refractivity contribution is -0.139. The fourth-order valence-corrected chi connectivity index (χ4v) is 4.22. The van der Waals surface area contributed by atoms with E-state index in [0.717, 1.165) is 18.9 Å². The smallest absolute Gasteiger partial charge is 0.276 e. The van der Waals surface area contributed by atoms with Gasteiger partial charge in [-0.15, -0.1) is 0 Å². The van der Waals surface area contributed by atoms with Gasteiger partial charge in [-0.25, -0.2) is 8.42 Å². The second-order valence-corrected chi connectivity index (χ2v) is 7.93. The molecule has 1 aromatic rings. The molecule has 24 heavy (non-hydrogen) atoms. The van der Waals surface area contributed by atoms with Gasteiger partial charge in [0, 0.05) is 5.56 Å². The van der Waals surface area contributed by atoms with Crippen LogP contribution in [0.1, 0.15) is 61.0 Å². The average molecular weight is 385 g/mol. The molecule has 0 saturated carbocycles. The predicted molar refractivity (Wildman–Crippen MR) is 87.2 cm³/mol. The number of hydrogen-bond donors (Lipinski definition) is 0. The quantitative estimate of drug-likeness (QED) is 0.468. The lowest BCUT2D eigenvalue weighted by Gasteiger charge is -2.16. The van der Waals surface area contributed by atoms with Crippen LogP contribution in [-0.4, -0.2) is 19.4 Å². The fourth-order valence-electron chi connectivity index (χ4n) is 2.41. The van der Waals surface area contributed by atoms with Crippen LogP contribution in [0.5, 0.6) is 0 Å². The molecule has 0 heterocycles. The Bertz CT molecular complexity index is 697. The number of carbonyl (C=O) groups is 1. The van der Waals surface area contributed by atoms with Crippen molar-refractivity contribution < 1.29 is 26.4 Å². The molecule has 136 valence electrons. The van der Waals surface area contributed by atoms with Crippen molar-refractivity contribution in [2.45, 2.75) is 57.0 Å². The SMILES string of the molecule is CCCCCCS(=O)(=O)c1cc(CC)c(C(=O)Cl)cc1C(F)(F)F. The van der Waals surface area contributed by atoms with E-state index in [1.807, 2.05) is 6.92 Å². The third-order valence-electron chi connectivity index (χ3n) is 3.71. The van der Waals surface area contributed by atoms with Crippen molar-refractivity contribution in [1.29, 1.82) is 0 Å². The van der Waals surface area contributed by atoms with Crippen molar-refractivity contribution in [3.05, 3.63) is 28.8 Å². The van der Waals surface area contributed by atoms with Gasteiger partial charge >= 0.3 is 6.18 Å². The van der Waals surface area contributed by atoms with Crippen LogP contribution in [0.15, 0.2) is 17.0 Å². The number of aryl methyl sites for hydroxylation is 1. The molecule has 0 unspecified atom stereocenters. The van der Waals surface area contributed by atoms with E-state index in [9.17, 15) is 26.4 Å². The maximum absolute atomic E-state index is 13.3. The van der Waals surface area contributed by atoms with Gasteiger partial charge in [0.2, 0.25) is 0 Å². The van der Waals surface area contributed by atoms with Gasteiger partial charge in [-0.3, -0.25) is 4.79 Å². The summed E-state index contributed by atoms with van der Waals surface area (Å²) >= 11 is 5.34. The standard InChI is InChI=1S/C16H20ClF3O3S/c1-3-5-6-7-8-24(22,23)14-9-11(4-2)12(15(17)21)10-13(14)16(18,19)20/h9-10H,3-8H2,1-2H3. The predicted octanol–water partition coefficient (Wildman–Crippen LogP) is 5.00. The van der Waals surface area contributed by atoms with E-state index in [4.69, 9.17) is 11.6 Å². The number of hydrogen-bond acceptors (Lipinski definition) is 3. The van der Waals surface area contributed by atoms with Gasteiger partial charge in [-0.1, -0.05) is 33.1 Å².